The van der Waals surface area contributed by atoms with Crippen LogP contribution in [0.15, 0.2) is 41.3 Å². The van der Waals surface area contributed by atoms with Crippen LogP contribution in [0, 0.1) is 0 Å². The van der Waals surface area contributed by atoms with Gasteiger partial charge < -0.3 is 14.8 Å². The Morgan fingerprint density at radius 2 is 1.53 bits per heavy atom. The van der Waals surface area contributed by atoms with Crippen LogP contribution in [0.4, 0.5) is 5.69 Å². The number of hydrogen-bond acceptors (Lipinski definition) is 8. The number of rotatable bonds is 10. The van der Waals surface area contributed by atoms with Gasteiger partial charge in [0.1, 0.15) is 16.6 Å². The molecule has 38 heavy (non-hydrogen) atoms. The van der Waals surface area contributed by atoms with Gasteiger partial charge in [0, 0.05) is 27.5 Å². The van der Waals surface area contributed by atoms with Crippen LogP contribution in [-0.4, -0.2) is 58.9 Å². The lowest BCUT2D eigenvalue weighted by Gasteiger charge is -2.24. The molecule has 0 aromatic heterocycles. The molecule has 222 valence electrons. The Morgan fingerprint density at radius 1 is 0.974 bits per heavy atom. The Kier molecular flexibility index (Phi) is 20.7. The number of amides is 1. The third-order valence-corrected chi connectivity index (χ3v) is 6.95. The molecule has 2 aromatic carbocycles. The zero-order chi connectivity index (χ0) is 26.1. The lowest BCUT2D eigenvalue weighted by atomic mass is 9.95. The molecule has 2 rings (SSSR count). The molecule has 2 unspecified atom stereocenters. The van der Waals surface area contributed by atoms with Crippen molar-refractivity contribution in [1.82, 2.24) is 0 Å². The Morgan fingerprint density at radius 3 is 1.95 bits per heavy atom. The number of benzene rings is 2. The van der Waals surface area contributed by atoms with E-state index in [1.54, 1.807) is 44.2 Å². The van der Waals surface area contributed by atoms with Gasteiger partial charge in [-0.2, -0.15) is 8.42 Å². The average Bonchev–Trinajstić information content (AvgIpc) is 2.81. The highest BCUT2D eigenvalue weighted by Crippen LogP contribution is 2.32. The molecule has 2 atom stereocenters. The molecular weight excluding hydrogens is 510 g/mol. The number of hydrogen-bond donors (Lipinski definition) is 1. The summed E-state index contributed by atoms with van der Waals surface area (Å²) in [5.74, 6) is -0.545. The third-order valence-electron chi connectivity index (χ3n) is 5.57. The molecule has 2 aromatic rings. The molecular formula is C28H51NO8S. The second-order valence-electron chi connectivity index (χ2n) is 7.81. The molecule has 0 heterocycles. The molecule has 0 radical (unpaired) electrons. The fourth-order valence-corrected chi connectivity index (χ4v) is 3.86. The molecule has 0 saturated heterocycles. The van der Waals surface area contributed by atoms with Gasteiger partial charge in [-0.3, -0.25) is 18.6 Å². The van der Waals surface area contributed by atoms with E-state index in [2.05, 4.69) is 14.2 Å². The zero-order valence-electron chi connectivity index (χ0n) is 20.6. The highest BCUT2D eigenvalue weighted by molar-refractivity contribution is 7.87. The van der Waals surface area contributed by atoms with Crippen LogP contribution in [0.3, 0.4) is 0 Å². The topological polar surface area (TPSA) is 125 Å². The predicted octanol–water partition coefficient (Wildman–Crippen LogP) is 6.29. The van der Waals surface area contributed by atoms with E-state index >= 15 is 0 Å². The number of carbonyl (C=O) groups excluding carboxylic acids is 3. The minimum atomic E-state index is -4.06. The summed E-state index contributed by atoms with van der Waals surface area (Å²) < 4.78 is 39.4. The average molecular weight is 562 g/mol. The van der Waals surface area contributed by atoms with Crippen molar-refractivity contribution in [3.05, 3.63) is 36.4 Å². The fourth-order valence-electron chi connectivity index (χ4n) is 2.85. The maximum absolute atomic E-state index is 12.4. The second kappa shape index (κ2) is 18.6. The van der Waals surface area contributed by atoms with Crippen molar-refractivity contribution in [2.24, 2.45) is 0 Å². The summed E-state index contributed by atoms with van der Waals surface area (Å²) >= 11 is 0. The number of methoxy groups -OCH3 is 2. The largest absolute Gasteiger partial charge is 0.374 e. The molecule has 9 nitrogen and oxygen atoms in total. The standard InChI is InChI=1S/C19H23NO6S.C5H10O2.4CH4.H2/c1-13(21)19(2,25-3)12-11-17(22)20-16-10-9-14-7-5-6-8-15(14)18(16)27(23,24)26-4;1-4(6)5(2)7-3;;;;;/h5-10H,11-12H2,1-4H3,(H,20,22);5H,1-3H3;4*1H4;1H. The molecule has 1 N–H and O–H groups in total. The highest BCUT2D eigenvalue weighted by Gasteiger charge is 2.30. The maximum Gasteiger partial charge on any atom is 0.299 e. The first-order valence-corrected chi connectivity index (χ1v) is 12.0. The maximum atomic E-state index is 12.4. The summed E-state index contributed by atoms with van der Waals surface area (Å²) in [5, 5.41) is 3.76. The Balaban J connectivity index is -0.000000286. The SMILES string of the molecule is C.C.C.C.COC(C)(CCC(=O)Nc1ccc2ccccc2c1S(=O)(=O)OC)C(C)=O.COC(C)C(C)=O.[HH]. The second-order valence-corrected chi connectivity index (χ2v) is 9.46. The summed E-state index contributed by atoms with van der Waals surface area (Å²) in [6.07, 6.45) is -0.0756. The van der Waals surface area contributed by atoms with E-state index in [0.29, 0.717) is 10.8 Å². The van der Waals surface area contributed by atoms with E-state index in [-0.39, 0.29) is 72.2 Å². The van der Waals surface area contributed by atoms with Crippen LogP contribution in [0.5, 0.6) is 0 Å². The quantitative estimate of drug-likeness (QED) is 0.336. The van der Waals surface area contributed by atoms with Crippen LogP contribution in [0.1, 0.15) is 71.7 Å². The van der Waals surface area contributed by atoms with Crippen LogP contribution >= 0.6 is 0 Å². The lowest BCUT2D eigenvalue weighted by Crippen LogP contribution is -2.36. The van der Waals surface area contributed by atoms with E-state index in [0.717, 1.165) is 7.11 Å². The van der Waals surface area contributed by atoms with Crippen molar-refractivity contribution in [3.8, 4) is 0 Å². The van der Waals surface area contributed by atoms with Gasteiger partial charge in [-0.1, -0.05) is 60.0 Å². The van der Waals surface area contributed by atoms with Gasteiger partial charge in [0.2, 0.25) is 5.91 Å². The Bertz CT molecular complexity index is 1140. The number of ether oxygens (including phenoxy) is 2. The van der Waals surface area contributed by atoms with Crippen LogP contribution in [0.25, 0.3) is 10.8 Å². The van der Waals surface area contributed by atoms with Crippen molar-refractivity contribution < 1.29 is 37.9 Å². The van der Waals surface area contributed by atoms with Gasteiger partial charge >= 0.3 is 0 Å². The smallest absolute Gasteiger partial charge is 0.299 e. The lowest BCUT2D eigenvalue weighted by molar-refractivity contribution is -0.138. The van der Waals surface area contributed by atoms with Crippen molar-refractivity contribution in [3.63, 3.8) is 0 Å². The summed E-state index contributed by atoms with van der Waals surface area (Å²) in [7, 11) is -0.0585. The van der Waals surface area contributed by atoms with Gasteiger partial charge in [-0.25, -0.2) is 0 Å². The van der Waals surface area contributed by atoms with Gasteiger partial charge in [0.15, 0.2) is 11.6 Å². The Hall–Kier alpha value is -2.66. The molecule has 0 saturated carbocycles. The molecule has 0 bridgehead atoms. The number of anilines is 1. The number of carbonyl (C=O) groups is 3. The van der Waals surface area contributed by atoms with Crippen molar-refractivity contribution in [2.75, 3.05) is 26.6 Å². The summed E-state index contributed by atoms with van der Waals surface area (Å²) in [6.45, 7) is 6.24. The minimum absolute atomic E-state index is 0. The summed E-state index contributed by atoms with van der Waals surface area (Å²) in [4.78, 5) is 34.2. The van der Waals surface area contributed by atoms with E-state index in [4.69, 9.17) is 4.74 Å². The first kappa shape index (κ1) is 42.4. The fraction of sp³-hybridized carbons (Fsp3) is 0.536. The Labute approximate surface area is 231 Å². The molecule has 1 amide bonds. The van der Waals surface area contributed by atoms with Crippen LogP contribution in [0.2, 0.25) is 0 Å². The predicted molar refractivity (Wildman–Crippen MR) is 158 cm³/mol. The van der Waals surface area contributed by atoms with Crippen LogP contribution < -0.4 is 5.32 Å². The van der Waals surface area contributed by atoms with Gasteiger partial charge in [-0.15, -0.1) is 0 Å². The molecule has 0 aliphatic rings. The summed E-state index contributed by atoms with van der Waals surface area (Å²) in [5.41, 5.74) is -0.940. The number of Topliss-reactive ketones (excluding diaryl/α,β-unsaturated/α-hetero) is 2. The zero-order valence-corrected chi connectivity index (χ0v) is 21.4. The van der Waals surface area contributed by atoms with E-state index in [9.17, 15) is 22.8 Å². The number of nitrogens with one attached hydrogen (secondary N) is 1. The number of ketones is 2. The van der Waals surface area contributed by atoms with Gasteiger partial charge in [-0.05, 0) is 45.6 Å². The first-order chi connectivity index (χ1) is 15.8. The van der Waals surface area contributed by atoms with Crippen molar-refractivity contribution in [2.45, 2.75) is 86.8 Å². The minimum Gasteiger partial charge on any atom is -0.374 e. The first-order valence-electron chi connectivity index (χ1n) is 10.5. The van der Waals surface area contributed by atoms with E-state index in [1.165, 1.54) is 34.1 Å². The molecule has 0 fully saturated rings. The molecule has 0 aliphatic heterocycles. The third kappa shape index (κ3) is 11.4. The molecule has 0 aliphatic carbocycles. The number of fused-ring (bicyclic) bond motifs is 1. The molecule has 10 heteroatoms. The van der Waals surface area contributed by atoms with Gasteiger partial charge in [0.25, 0.3) is 10.1 Å². The van der Waals surface area contributed by atoms with Crippen molar-refractivity contribution >= 4 is 44.1 Å². The van der Waals surface area contributed by atoms with Crippen molar-refractivity contribution in [1.29, 1.82) is 0 Å². The summed E-state index contributed by atoms with van der Waals surface area (Å²) in [6, 6.07) is 10.2. The normalized spacial score (nSPS) is 12.4. The van der Waals surface area contributed by atoms with E-state index in [1.807, 2.05) is 0 Å². The van der Waals surface area contributed by atoms with Gasteiger partial charge in [0.05, 0.1) is 12.8 Å². The highest BCUT2D eigenvalue weighted by atomic mass is 32.2. The van der Waals surface area contributed by atoms with E-state index < -0.39 is 21.6 Å². The van der Waals surface area contributed by atoms with Crippen LogP contribution in [-0.2, 0) is 38.2 Å². The monoisotopic (exact) mass is 561 g/mol. The molecule has 0 spiro atoms.